The van der Waals surface area contributed by atoms with Crippen LogP contribution in [0, 0.1) is 0 Å². The first-order valence-corrected chi connectivity index (χ1v) is 2.76. The maximum Gasteiger partial charge on any atom is 0.340 e. The first-order valence-electron chi connectivity index (χ1n) is 2.76. The van der Waals surface area contributed by atoms with E-state index in [2.05, 4.69) is 4.98 Å². The molecule has 0 saturated heterocycles. The molecule has 1 aromatic heterocycles. The zero-order valence-corrected chi connectivity index (χ0v) is 5.37. The summed E-state index contributed by atoms with van der Waals surface area (Å²) in [5, 5.41) is 17.2. The van der Waals surface area contributed by atoms with E-state index in [1.165, 1.54) is 0 Å². The fourth-order valence-electron chi connectivity index (χ4n) is 0.632. The van der Waals surface area contributed by atoms with Crippen molar-refractivity contribution in [2.45, 2.75) is 0 Å². The topological polar surface area (TPSA) is 90.4 Å². The van der Waals surface area contributed by atoms with Crippen molar-refractivity contribution in [3.63, 3.8) is 0 Å². The second kappa shape index (κ2) is 2.45. The summed E-state index contributed by atoms with van der Waals surface area (Å²) in [6.45, 7) is 0. The molecule has 11 heavy (non-hydrogen) atoms. The Hall–Kier alpha value is -1.78. The van der Waals surface area contributed by atoms with Gasteiger partial charge in [0.25, 0.3) is 5.56 Å². The third-order valence-corrected chi connectivity index (χ3v) is 1.13. The normalized spacial score (nSPS) is 9.45. The number of hydrogen-bond donors (Lipinski definition) is 3. The van der Waals surface area contributed by atoms with Crippen LogP contribution < -0.4 is 5.56 Å². The molecule has 5 nitrogen and oxygen atoms in total. The van der Waals surface area contributed by atoms with Crippen LogP contribution in [0.25, 0.3) is 0 Å². The largest absolute Gasteiger partial charge is 0.507 e. The molecule has 0 atom stereocenters. The van der Waals surface area contributed by atoms with E-state index >= 15 is 0 Å². The van der Waals surface area contributed by atoms with E-state index in [9.17, 15) is 9.59 Å². The molecule has 0 bridgehead atoms. The highest BCUT2D eigenvalue weighted by atomic mass is 16.4. The summed E-state index contributed by atoms with van der Waals surface area (Å²) < 4.78 is 0. The number of aromatic nitrogens is 1. The van der Waals surface area contributed by atoms with Gasteiger partial charge in [0.05, 0.1) is 0 Å². The highest BCUT2D eigenvalue weighted by Gasteiger charge is 2.08. The molecule has 0 radical (unpaired) electrons. The Bertz CT molecular complexity index is 341. The van der Waals surface area contributed by atoms with Gasteiger partial charge in [-0.05, 0) is 0 Å². The average Bonchev–Trinajstić information content (AvgIpc) is 1.85. The SMILES string of the molecule is O=C(O)c1c[nH]c(=O)cc1O. The Kier molecular flexibility index (Phi) is 1.63. The molecule has 0 spiro atoms. The molecule has 3 N–H and O–H groups in total. The van der Waals surface area contributed by atoms with Gasteiger partial charge in [-0.2, -0.15) is 0 Å². The van der Waals surface area contributed by atoms with Gasteiger partial charge in [0.15, 0.2) is 0 Å². The molecule has 0 aromatic carbocycles. The molecule has 1 aromatic rings. The van der Waals surface area contributed by atoms with Crippen LogP contribution in [-0.2, 0) is 0 Å². The summed E-state index contributed by atoms with van der Waals surface area (Å²) in [7, 11) is 0. The fourth-order valence-corrected chi connectivity index (χ4v) is 0.632. The van der Waals surface area contributed by atoms with Crippen molar-refractivity contribution in [1.29, 1.82) is 0 Å². The summed E-state index contributed by atoms with van der Waals surface area (Å²) in [6, 6.07) is 0.809. The van der Waals surface area contributed by atoms with Crippen molar-refractivity contribution in [3.8, 4) is 5.75 Å². The van der Waals surface area contributed by atoms with Gasteiger partial charge in [0.2, 0.25) is 0 Å². The van der Waals surface area contributed by atoms with Crippen molar-refractivity contribution < 1.29 is 15.0 Å². The van der Waals surface area contributed by atoms with Gasteiger partial charge < -0.3 is 15.2 Å². The number of hydrogen-bond acceptors (Lipinski definition) is 3. The quantitative estimate of drug-likeness (QED) is 0.522. The number of pyridine rings is 1. The van der Waals surface area contributed by atoms with Gasteiger partial charge in [-0.15, -0.1) is 0 Å². The molecular weight excluding hydrogens is 150 g/mol. The number of carbonyl (C=O) groups is 1. The number of carboxylic acid groups (broad SMARTS) is 1. The predicted molar refractivity (Wildman–Crippen MR) is 35.7 cm³/mol. The van der Waals surface area contributed by atoms with Gasteiger partial charge in [-0.25, -0.2) is 4.79 Å². The summed E-state index contributed by atoms with van der Waals surface area (Å²) in [4.78, 5) is 22.8. The molecule has 5 heteroatoms. The van der Waals surface area contributed by atoms with E-state index in [1.54, 1.807) is 0 Å². The monoisotopic (exact) mass is 155 g/mol. The molecule has 0 aliphatic carbocycles. The van der Waals surface area contributed by atoms with Gasteiger partial charge in [0.1, 0.15) is 11.3 Å². The Balaban J connectivity index is 3.31. The van der Waals surface area contributed by atoms with E-state index in [1.807, 2.05) is 0 Å². The van der Waals surface area contributed by atoms with Gasteiger partial charge >= 0.3 is 5.97 Å². The van der Waals surface area contributed by atoms with Crippen LogP contribution in [0.5, 0.6) is 5.75 Å². The Labute approximate surface area is 60.9 Å². The van der Waals surface area contributed by atoms with Gasteiger partial charge in [-0.3, -0.25) is 4.79 Å². The minimum atomic E-state index is -1.28. The smallest absolute Gasteiger partial charge is 0.340 e. The number of aromatic amines is 1. The van der Waals surface area contributed by atoms with Crippen molar-refractivity contribution in [3.05, 3.63) is 28.2 Å². The Morgan fingerprint density at radius 1 is 1.55 bits per heavy atom. The first-order chi connectivity index (χ1) is 5.11. The van der Waals surface area contributed by atoms with E-state index in [0.717, 1.165) is 12.3 Å². The number of aromatic carboxylic acids is 1. The van der Waals surface area contributed by atoms with Crippen LogP contribution in [0.15, 0.2) is 17.1 Å². The number of H-pyrrole nitrogens is 1. The molecule has 0 unspecified atom stereocenters. The molecule has 0 saturated carbocycles. The van der Waals surface area contributed by atoms with Gasteiger partial charge in [0, 0.05) is 12.3 Å². The first kappa shape index (κ1) is 7.33. The minimum absolute atomic E-state index is 0.315. The molecule has 1 heterocycles. The van der Waals surface area contributed by atoms with Crippen molar-refractivity contribution in [2.75, 3.05) is 0 Å². The number of nitrogens with one attached hydrogen (secondary N) is 1. The summed E-state index contributed by atoms with van der Waals surface area (Å²) in [5.41, 5.74) is -0.850. The van der Waals surface area contributed by atoms with Crippen LogP contribution in [-0.4, -0.2) is 21.2 Å². The highest BCUT2D eigenvalue weighted by Crippen LogP contribution is 2.10. The van der Waals surface area contributed by atoms with Crippen LogP contribution in [0.2, 0.25) is 0 Å². The number of aromatic hydroxyl groups is 1. The molecular formula is C6H5NO4. The minimum Gasteiger partial charge on any atom is -0.507 e. The molecule has 0 aliphatic rings. The average molecular weight is 155 g/mol. The van der Waals surface area contributed by atoms with E-state index in [0.29, 0.717) is 0 Å². The van der Waals surface area contributed by atoms with Crippen LogP contribution in [0.1, 0.15) is 10.4 Å². The van der Waals surface area contributed by atoms with E-state index in [-0.39, 0.29) is 5.56 Å². The Morgan fingerprint density at radius 2 is 2.18 bits per heavy atom. The number of rotatable bonds is 1. The van der Waals surface area contributed by atoms with Gasteiger partial charge in [-0.1, -0.05) is 0 Å². The molecule has 0 fully saturated rings. The lowest BCUT2D eigenvalue weighted by Gasteiger charge is -1.94. The summed E-state index contributed by atoms with van der Waals surface area (Å²) in [5.74, 6) is -1.81. The molecule has 58 valence electrons. The van der Waals surface area contributed by atoms with Crippen molar-refractivity contribution in [2.24, 2.45) is 0 Å². The second-order valence-corrected chi connectivity index (χ2v) is 1.90. The zero-order valence-electron chi connectivity index (χ0n) is 5.37. The second-order valence-electron chi connectivity index (χ2n) is 1.90. The zero-order chi connectivity index (χ0) is 8.43. The lowest BCUT2D eigenvalue weighted by Crippen LogP contribution is -2.06. The maximum atomic E-state index is 10.5. The maximum absolute atomic E-state index is 10.5. The lowest BCUT2D eigenvalue weighted by atomic mass is 10.3. The lowest BCUT2D eigenvalue weighted by molar-refractivity contribution is 0.0693. The number of carboxylic acids is 1. The van der Waals surface area contributed by atoms with Crippen LogP contribution >= 0.6 is 0 Å². The third-order valence-electron chi connectivity index (χ3n) is 1.13. The highest BCUT2D eigenvalue weighted by molar-refractivity contribution is 5.90. The van der Waals surface area contributed by atoms with Crippen molar-refractivity contribution in [1.82, 2.24) is 4.98 Å². The van der Waals surface area contributed by atoms with Crippen LogP contribution in [0.4, 0.5) is 0 Å². The van der Waals surface area contributed by atoms with Crippen LogP contribution in [0.3, 0.4) is 0 Å². The molecule has 0 aliphatic heterocycles. The predicted octanol–water partition coefficient (Wildman–Crippen LogP) is -0.221. The van der Waals surface area contributed by atoms with E-state index in [4.69, 9.17) is 10.2 Å². The standard InChI is InChI=1S/C6H5NO4/c8-4-1-5(9)7-2-3(4)6(10)11/h1-2H,(H,10,11)(H2,7,8,9). The molecule has 1 rings (SSSR count). The van der Waals surface area contributed by atoms with E-state index < -0.39 is 17.3 Å². The van der Waals surface area contributed by atoms with Crippen molar-refractivity contribution >= 4 is 5.97 Å². The third kappa shape index (κ3) is 1.37. The summed E-state index contributed by atoms with van der Waals surface area (Å²) >= 11 is 0. The summed E-state index contributed by atoms with van der Waals surface area (Å²) in [6.07, 6.45) is 0.944. The Morgan fingerprint density at radius 3 is 2.64 bits per heavy atom. The molecule has 0 amide bonds. The fraction of sp³-hybridized carbons (Fsp3) is 0.